The number of para-hydroxylation sites is 1. The maximum Gasteiger partial charge on any atom is 0.408 e. The number of aromatic nitrogens is 1. The van der Waals surface area contributed by atoms with E-state index in [-0.39, 0.29) is 24.7 Å². The van der Waals surface area contributed by atoms with E-state index in [1.54, 1.807) is 27.0 Å². The number of carbonyl (C=O) groups is 4. The number of rotatable bonds is 12. The molecule has 210 valence electrons. The van der Waals surface area contributed by atoms with E-state index in [1.807, 2.05) is 52.0 Å². The fraction of sp³-hybridized carbons (Fsp3) is 0.571. The molecule has 0 bridgehead atoms. The molecule has 2 aromatic rings. The fourth-order valence-corrected chi connectivity index (χ4v) is 4.12. The third kappa shape index (κ3) is 9.72. The molecule has 0 spiro atoms. The Balaban J connectivity index is 2.32. The fourth-order valence-electron chi connectivity index (χ4n) is 4.12. The maximum absolute atomic E-state index is 13.4. The lowest BCUT2D eigenvalue weighted by molar-refractivity contribution is -0.142. The van der Waals surface area contributed by atoms with Crippen LogP contribution in [0.5, 0.6) is 0 Å². The highest BCUT2D eigenvalue weighted by molar-refractivity contribution is 5.93. The number of carboxylic acid groups (broad SMARTS) is 1. The third-order valence-corrected chi connectivity index (χ3v) is 5.77. The lowest BCUT2D eigenvalue weighted by Gasteiger charge is -2.27. The van der Waals surface area contributed by atoms with Gasteiger partial charge < -0.3 is 30.8 Å². The second-order valence-corrected chi connectivity index (χ2v) is 11.5. The molecule has 2 rings (SSSR count). The molecule has 0 unspecified atom stereocenters. The monoisotopic (exact) mass is 530 g/mol. The Morgan fingerprint density at radius 1 is 0.868 bits per heavy atom. The molecular weight excluding hydrogens is 488 g/mol. The van der Waals surface area contributed by atoms with E-state index in [2.05, 4.69) is 20.9 Å². The van der Waals surface area contributed by atoms with E-state index in [4.69, 9.17) is 4.74 Å². The average Bonchev–Trinajstić information content (AvgIpc) is 3.18. The minimum absolute atomic E-state index is 0.0338. The average molecular weight is 531 g/mol. The molecule has 0 aliphatic carbocycles. The van der Waals surface area contributed by atoms with Crippen molar-refractivity contribution >= 4 is 34.8 Å². The van der Waals surface area contributed by atoms with Crippen LogP contribution in [-0.2, 0) is 25.5 Å². The molecule has 0 radical (unpaired) electrons. The molecule has 3 amide bonds. The zero-order chi connectivity index (χ0) is 28.6. The molecule has 0 saturated carbocycles. The lowest BCUT2D eigenvalue weighted by Crippen LogP contribution is -2.57. The van der Waals surface area contributed by atoms with Crippen molar-refractivity contribution in [2.24, 2.45) is 11.8 Å². The summed E-state index contributed by atoms with van der Waals surface area (Å²) in [5.41, 5.74) is 0.918. The summed E-state index contributed by atoms with van der Waals surface area (Å²) in [7, 11) is 0. The minimum Gasteiger partial charge on any atom is -0.480 e. The minimum atomic E-state index is -1.14. The molecule has 0 aliphatic rings. The van der Waals surface area contributed by atoms with Gasteiger partial charge in [-0.05, 0) is 57.1 Å². The van der Waals surface area contributed by atoms with Crippen molar-refractivity contribution in [2.75, 3.05) is 0 Å². The quantitative estimate of drug-likeness (QED) is 0.282. The van der Waals surface area contributed by atoms with Crippen LogP contribution in [0.3, 0.4) is 0 Å². The van der Waals surface area contributed by atoms with Gasteiger partial charge in [0.05, 0.1) is 0 Å². The zero-order valence-electron chi connectivity index (χ0n) is 23.4. The van der Waals surface area contributed by atoms with Crippen LogP contribution >= 0.6 is 0 Å². The van der Waals surface area contributed by atoms with E-state index in [9.17, 15) is 24.3 Å². The van der Waals surface area contributed by atoms with Crippen molar-refractivity contribution in [3.63, 3.8) is 0 Å². The SMILES string of the molecule is CC(C)C[C@H](NC(=O)OC(C)(C)C)C(=O)N[C@H](Cc1c[nH]c2ccccc12)C(=O)N[C@H](CC(C)C)C(=O)O. The second kappa shape index (κ2) is 13.3. The second-order valence-electron chi connectivity index (χ2n) is 11.5. The van der Waals surface area contributed by atoms with E-state index in [1.165, 1.54) is 0 Å². The Bertz CT molecular complexity index is 1120. The first-order valence-electron chi connectivity index (χ1n) is 13.0. The number of benzene rings is 1. The summed E-state index contributed by atoms with van der Waals surface area (Å²) in [6.45, 7) is 12.7. The number of hydrogen-bond donors (Lipinski definition) is 5. The van der Waals surface area contributed by atoms with Gasteiger partial charge in [-0.3, -0.25) is 9.59 Å². The highest BCUT2D eigenvalue weighted by Gasteiger charge is 2.31. The summed E-state index contributed by atoms with van der Waals surface area (Å²) < 4.78 is 5.32. The van der Waals surface area contributed by atoms with Gasteiger partial charge in [-0.15, -0.1) is 0 Å². The van der Waals surface area contributed by atoms with E-state index >= 15 is 0 Å². The summed E-state index contributed by atoms with van der Waals surface area (Å²) in [4.78, 5) is 54.2. The number of H-pyrrole nitrogens is 1. The molecule has 0 fully saturated rings. The first kappa shape index (κ1) is 30.7. The molecule has 1 aromatic heterocycles. The van der Waals surface area contributed by atoms with Gasteiger partial charge in [0.25, 0.3) is 0 Å². The van der Waals surface area contributed by atoms with Gasteiger partial charge >= 0.3 is 12.1 Å². The number of nitrogens with one attached hydrogen (secondary N) is 4. The topological polar surface area (TPSA) is 150 Å². The summed E-state index contributed by atoms with van der Waals surface area (Å²) in [6.07, 6.45) is 1.71. The Kier molecular flexibility index (Phi) is 10.7. The molecule has 0 saturated heterocycles. The van der Waals surface area contributed by atoms with Gasteiger partial charge in [0.2, 0.25) is 11.8 Å². The highest BCUT2D eigenvalue weighted by Crippen LogP contribution is 2.20. The van der Waals surface area contributed by atoms with Gasteiger partial charge in [0.15, 0.2) is 0 Å². The smallest absolute Gasteiger partial charge is 0.408 e. The van der Waals surface area contributed by atoms with Gasteiger partial charge in [-0.2, -0.15) is 0 Å². The molecule has 0 aliphatic heterocycles. The van der Waals surface area contributed by atoms with Crippen molar-refractivity contribution in [3.8, 4) is 0 Å². The molecule has 10 heteroatoms. The molecule has 1 aromatic carbocycles. The van der Waals surface area contributed by atoms with Crippen molar-refractivity contribution in [1.82, 2.24) is 20.9 Å². The first-order chi connectivity index (χ1) is 17.7. The van der Waals surface area contributed by atoms with Crippen LogP contribution in [0, 0.1) is 11.8 Å². The van der Waals surface area contributed by atoms with E-state index in [0.717, 1.165) is 16.5 Å². The van der Waals surface area contributed by atoms with E-state index in [0.29, 0.717) is 6.42 Å². The Morgan fingerprint density at radius 3 is 2.00 bits per heavy atom. The number of aliphatic carboxylic acids is 1. The van der Waals surface area contributed by atoms with Crippen LogP contribution in [0.1, 0.15) is 66.9 Å². The first-order valence-corrected chi connectivity index (χ1v) is 13.0. The van der Waals surface area contributed by atoms with Crippen LogP contribution in [0.2, 0.25) is 0 Å². The molecule has 1 heterocycles. The number of hydrogen-bond acceptors (Lipinski definition) is 5. The van der Waals surface area contributed by atoms with Crippen molar-refractivity contribution in [2.45, 2.75) is 91.5 Å². The van der Waals surface area contributed by atoms with Gasteiger partial charge in [0, 0.05) is 23.5 Å². The summed E-state index contributed by atoms with van der Waals surface area (Å²) in [5, 5.41) is 18.5. The third-order valence-electron chi connectivity index (χ3n) is 5.77. The van der Waals surface area contributed by atoms with Gasteiger partial charge in [-0.25, -0.2) is 9.59 Å². The number of carboxylic acids is 1. The van der Waals surface area contributed by atoms with Crippen LogP contribution in [-0.4, -0.2) is 57.7 Å². The summed E-state index contributed by atoms with van der Waals surface area (Å²) in [5.74, 6) is -2.22. The lowest BCUT2D eigenvalue weighted by atomic mass is 10.00. The number of amides is 3. The molecule has 5 N–H and O–H groups in total. The predicted octanol–water partition coefficient (Wildman–Crippen LogP) is 3.75. The Labute approximate surface area is 224 Å². The van der Waals surface area contributed by atoms with Crippen molar-refractivity contribution < 1.29 is 29.0 Å². The molecule has 3 atom stereocenters. The van der Waals surface area contributed by atoms with Crippen LogP contribution in [0.4, 0.5) is 4.79 Å². The van der Waals surface area contributed by atoms with Crippen LogP contribution < -0.4 is 16.0 Å². The summed E-state index contributed by atoms with van der Waals surface area (Å²) >= 11 is 0. The van der Waals surface area contributed by atoms with Crippen LogP contribution in [0.25, 0.3) is 10.9 Å². The Hall–Kier alpha value is -3.56. The highest BCUT2D eigenvalue weighted by atomic mass is 16.6. The summed E-state index contributed by atoms with van der Waals surface area (Å²) in [6, 6.07) is 4.44. The van der Waals surface area contributed by atoms with Crippen LogP contribution in [0.15, 0.2) is 30.5 Å². The van der Waals surface area contributed by atoms with Crippen molar-refractivity contribution in [3.05, 3.63) is 36.0 Å². The van der Waals surface area contributed by atoms with E-state index < -0.39 is 47.6 Å². The number of carbonyl (C=O) groups excluding carboxylic acids is 3. The molecule has 38 heavy (non-hydrogen) atoms. The predicted molar refractivity (Wildman–Crippen MR) is 146 cm³/mol. The molecule has 10 nitrogen and oxygen atoms in total. The van der Waals surface area contributed by atoms with Gasteiger partial charge in [0.1, 0.15) is 23.7 Å². The largest absolute Gasteiger partial charge is 0.480 e. The number of alkyl carbamates (subject to hydrolysis) is 1. The maximum atomic E-state index is 13.4. The molecular formula is C28H42N4O6. The standard InChI is InChI=1S/C28H42N4O6/c1-16(2)12-21(32-27(37)38-28(5,6)7)24(33)30-22(25(34)31-23(26(35)36)13-17(3)4)14-18-15-29-20-11-9-8-10-19(18)20/h8-11,15-17,21-23,29H,12-14H2,1-7H3,(H,30,33)(H,31,34)(H,32,37)(H,35,36)/t21-,22+,23+/m0/s1. The number of ether oxygens (including phenoxy) is 1. The number of aromatic amines is 1. The normalized spacial score (nSPS) is 14.1. The van der Waals surface area contributed by atoms with Gasteiger partial charge in [-0.1, -0.05) is 45.9 Å². The zero-order valence-corrected chi connectivity index (χ0v) is 23.4. The number of fused-ring (bicyclic) bond motifs is 1. The van der Waals surface area contributed by atoms with Crippen molar-refractivity contribution in [1.29, 1.82) is 0 Å². The Morgan fingerprint density at radius 2 is 1.42 bits per heavy atom.